The van der Waals surface area contributed by atoms with Gasteiger partial charge in [-0.3, -0.25) is 9.69 Å². The number of hydrogen-bond acceptors (Lipinski definition) is 3. The fourth-order valence-corrected chi connectivity index (χ4v) is 5.46. The van der Waals surface area contributed by atoms with Gasteiger partial charge in [-0.25, -0.2) is 0 Å². The molecule has 1 saturated carbocycles. The average Bonchev–Trinajstić information content (AvgIpc) is 2.68. The fourth-order valence-electron chi connectivity index (χ4n) is 5.46. The molecule has 2 aliphatic heterocycles. The van der Waals surface area contributed by atoms with E-state index in [2.05, 4.69) is 42.4 Å². The van der Waals surface area contributed by atoms with Gasteiger partial charge in [0.1, 0.15) is 0 Å². The number of carbonyl (C=O) groups is 1. The molecule has 0 atom stereocenters. The number of likely N-dealkylation sites (tertiary alicyclic amines) is 1. The summed E-state index contributed by atoms with van der Waals surface area (Å²) in [6.45, 7) is 17.1. The highest BCUT2D eigenvalue weighted by Gasteiger charge is 2.32. The van der Waals surface area contributed by atoms with Crippen molar-refractivity contribution in [2.75, 3.05) is 45.8 Å². The smallest absolute Gasteiger partial charge is 0.225 e. The lowest BCUT2D eigenvalue weighted by molar-refractivity contribution is -0.138. The molecule has 27 heavy (non-hydrogen) atoms. The molecule has 0 aromatic rings. The van der Waals surface area contributed by atoms with Crippen molar-refractivity contribution in [2.45, 2.75) is 72.3 Å². The summed E-state index contributed by atoms with van der Waals surface area (Å²) in [5, 5.41) is 0. The Kier molecular flexibility index (Phi) is 7.61. The van der Waals surface area contributed by atoms with E-state index < -0.39 is 0 Å². The van der Waals surface area contributed by atoms with E-state index in [1.165, 1.54) is 45.3 Å². The van der Waals surface area contributed by atoms with Crippen LogP contribution in [0.2, 0.25) is 0 Å². The first-order valence-electron chi connectivity index (χ1n) is 11.7. The summed E-state index contributed by atoms with van der Waals surface area (Å²) < 4.78 is 0. The second kappa shape index (κ2) is 9.73. The van der Waals surface area contributed by atoms with Gasteiger partial charge in [-0.05, 0) is 83.2 Å². The Morgan fingerprint density at radius 1 is 0.815 bits per heavy atom. The number of piperidine rings is 1. The van der Waals surface area contributed by atoms with Crippen LogP contribution in [0.3, 0.4) is 0 Å². The van der Waals surface area contributed by atoms with Gasteiger partial charge in [0.2, 0.25) is 5.91 Å². The molecule has 156 valence electrons. The summed E-state index contributed by atoms with van der Waals surface area (Å²) >= 11 is 0. The molecule has 1 aliphatic carbocycles. The molecule has 3 aliphatic rings. The van der Waals surface area contributed by atoms with E-state index in [0.29, 0.717) is 17.9 Å². The second-order valence-electron chi connectivity index (χ2n) is 10.1. The van der Waals surface area contributed by atoms with Crippen LogP contribution in [0.5, 0.6) is 0 Å². The number of carbonyl (C=O) groups excluding carboxylic acids is 1. The summed E-state index contributed by atoms with van der Waals surface area (Å²) in [7, 11) is 0. The molecule has 0 aromatic heterocycles. The molecular formula is C23H43N3O. The van der Waals surface area contributed by atoms with Crippen molar-refractivity contribution >= 4 is 5.91 Å². The summed E-state index contributed by atoms with van der Waals surface area (Å²) in [4.78, 5) is 20.3. The molecular weight excluding hydrogens is 334 g/mol. The topological polar surface area (TPSA) is 26.8 Å². The van der Waals surface area contributed by atoms with E-state index in [4.69, 9.17) is 0 Å². The fraction of sp³-hybridized carbons (Fsp3) is 0.957. The van der Waals surface area contributed by atoms with Gasteiger partial charge in [0.05, 0.1) is 0 Å². The highest BCUT2D eigenvalue weighted by Crippen LogP contribution is 2.34. The monoisotopic (exact) mass is 377 g/mol. The molecule has 0 spiro atoms. The zero-order valence-corrected chi connectivity index (χ0v) is 18.3. The summed E-state index contributed by atoms with van der Waals surface area (Å²) in [6, 6.07) is 0.691. The predicted molar refractivity (Wildman–Crippen MR) is 113 cm³/mol. The maximum atomic E-state index is 12.9. The first kappa shape index (κ1) is 21.1. The first-order chi connectivity index (χ1) is 12.9. The van der Waals surface area contributed by atoms with Crippen molar-refractivity contribution in [1.29, 1.82) is 0 Å². The van der Waals surface area contributed by atoms with Crippen LogP contribution in [0.1, 0.15) is 66.2 Å². The Morgan fingerprint density at radius 3 is 1.93 bits per heavy atom. The number of rotatable bonds is 5. The molecule has 0 radical (unpaired) electrons. The molecule has 4 heteroatoms. The van der Waals surface area contributed by atoms with Crippen molar-refractivity contribution in [3.8, 4) is 0 Å². The molecule has 0 N–H and O–H groups in total. The third kappa shape index (κ3) is 5.69. The molecule has 3 rings (SSSR count). The lowest BCUT2D eigenvalue weighted by Gasteiger charge is -2.41. The third-order valence-electron chi connectivity index (χ3n) is 7.64. The van der Waals surface area contributed by atoms with Crippen molar-refractivity contribution in [3.05, 3.63) is 0 Å². The number of hydrogen-bond donors (Lipinski definition) is 0. The van der Waals surface area contributed by atoms with Crippen LogP contribution in [-0.4, -0.2) is 72.5 Å². The molecule has 2 saturated heterocycles. The lowest BCUT2D eigenvalue weighted by Crippen LogP contribution is -2.52. The minimum atomic E-state index is 0.312. The maximum absolute atomic E-state index is 12.9. The third-order valence-corrected chi connectivity index (χ3v) is 7.64. The average molecular weight is 378 g/mol. The van der Waals surface area contributed by atoms with Gasteiger partial charge in [0.25, 0.3) is 0 Å². The Hall–Kier alpha value is -0.610. The Bertz CT molecular complexity index is 454. The molecule has 0 bridgehead atoms. The van der Waals surface area contributed by atoms with Crippen molar-refractivity contribution < 1.29 is 4.79 Å². The number of piperazine rings is 1. The maximum Gasteiger partial charge on any atom is 0.225 e. The minimum absolute atomic E-state index is 0.312. The summed E-state index contributed by atoms with van der Waals surface area (Å²) in [6.07, 6.45) is 7.44. The van der Waals surface area contributed by atoms with E-state index in [1.807, 2.05) is 0 Å². The molecule has 1 amide bonds. The van der Waals surface area contributed by atoms with Crippen molar-refractivity contribution in [3.63, 3.8) is 0 Å². The normalized spacial score (nSPS) is 29.6. The second-order valence-corrected chi connectivity index (χ2v) is 10.1. The first-order valence-corrected chi connectivity index (χ1v) is 11.7. The van der Waals surface area contributed by atoms with Crippen LogP contribution in [0.25, 0.3) is 0 Å². The zero-order chi connectivity index (χ0) is 19.4. The van der Waals surface area contributed by atoms with E-state index in [9.17, 15) is 4.79 Å². The Morgan fingerprint density at radius 2 is 1.41 bits per heavy atom. The van der Waals surface area contributed by atoms with Gasteiger partial charge in [-0.2, -0.15) is 0 Å². The van der Waals surface area contributed by atoms with Gasteiger partial charge in [-0.15, -0.1) is 0 Å². The van der Waals surface area contributed by atoms with E-state index in [1.54, 1.807) is 0 Å². The lowest BCUT2D eigenvalue weighted by atomic mass is 9.76. The molecule has 0 unspecified atom stereocenters. The quantitative estimate of drug-likeness (QED) is 0.731. The van der Waals surface area contributed by atoms with Crippen LogP contribution in [0.15, 0.2) is 0 Å². The zero-order valence-electron chi connectivity index (χ0n) is 18.3. The standard InChI is InChI=1S/C23H43N3O/c1-18(2)21-5-7-22(8-6-21)23(27)26-15-13-24(14-16-26)17-20-9-11-25(12-10-20)19(3)4/h18-22H,5-17H2,1-4H3. The summed E-state index contributed by atoms with van der Waals surface area (Å²) in [5.74, 6) is 3.24. The minimum Gasteiger partial charge on any atom is -0.340 e. The van der Waals surface area contributed by atoms with Crippen molar-refractivity contribution in [2.24, 2.45) is 23.7 Å². The van der Waals surface area contributed by atoms with Crippen molar-refractivity contribution in [1.82, 2.24) is 14.7 Å². The van der Waals surface area contributed by atoms with Crippen LogP contribution >= 0.6 is 0 Å². The molecule has 0 aromatic carbocycles. The van der Waals surface area contributed by atoms with E-state index in [0.717, 1.165) is 56.8 Å². The van der Waals surface area contributed by atoms with Gasteiger partial charge < -0.3 is 9.80 Å². The predicted octanol–water partition coefficient (Wildman–Crippen LogP) is 3.71. The van der Waals surface area contributed by atoms with Gasteiger partial charge >= 0.3 is 0 Å². The van der Waals surface area contributed by atoms with Crippen LogP contribution in [0.4, 0.5) is 0 Å². The number of nitrogens with zero attached hydrogens (tertiary/aromatic N) is 3. The Labute approximate surface area is 167 Å². The van der Waals surface area contributed by atoms with Gasteiger partial charge in [0, 0.05) is 44.7 Å². The highest BCUT2D eigenvalue weighted by molar-refractivity contribution is 5.79. The van der Waals surface area contributed by atoms with Crippen LogP contribution in [0, 0.1) is 23.7 Å². The van der Waals surface area contributed by atoms with E-state index in [-0.39, 0.29) is 0 Å². The largest absolute Gasteiger partial charge is 0.340 e. The molecule has 2 heterocycles. The SMILES string of the molecule is CC(C)C1CCC(C(=O)N2CCN(CC3CCN(C(C)C)CC3)CC2)CC1. The van der Waals surface area contributed by atoms with E-state index >= 15 is 0 Å². The van der Waals surface area contributed by atoms with Gasteiger partial charge in [0.15, 0.2) is 0 Å². The van der Waals surface area contributed by atoms with Crippen LogP contribution < -0.4 is 0 Å². The molecule has 4 nitrogen and oxygen atoms in total. The number of amides is 1. The summed E-state index contributed by atoms with van der Waals surface area (Å²) in [5.41, 5.74) is 0. The van der Waals surface area contributed by atoms with Gasteiger partial charge in [-0.1, -0.05) is 13.8 Å². The highest BCUT2D eigenvalue weighted by atomic mass is 16.2. The molecule has 3 fully saturated rings. The Balaban J connectivity index is 1.36. The van der Waals surface area contributed by atoms with Crippen LogP contribution in [-0.2, 0) is 4.79 Å².